The van der Waals surface area contributed by atoms with Crippen molar-refractivity contribution >= 4 is 27.5 Å². The van der Waals surface area contributed by atoms with E-state index < -0.39 is 0 Å². The maximum Gasteiger partial charge on any atom is 0.241 e. The second kappa shape index (κ2) is 5.86. The molecule has 2 N–H and O–H groups in total. The zero-order valence-corrected chi connectivity index (χ0v) is 13.4. The molecule has 0 bridgehead atoms. The molecule has 2 aliphatic rings. The van der Waals surface area contributed by atoms with Crippen molar-refractivity contribution in [3.05, 3.63) is 28.2 Å². The Bertz CT molecular complexity index is 503. The molecule has 20 heavy (non-hydrogen) atoms. The zero-order valence-electron chi connectivity index (χ0n) is 11.8. The third-order valence-electron chi connectivity index (χ3n) is 4.56. The van der Waals surface area contributed by atoms with Gasteiger partial charge in [-0.15, -0.1) is 0 Å². The highest BCUT2D eigenvalue weighted by molar-refractivity contribution is 9.10. The van der Waals surface area contributed by atoms with E-state index in [-0.39, 0.29) is 11.9 Å². The molecule has 1 saturated heterocycles. The summed E-state index contributed by atoms with van der Waals surface area (Å²) in [5, 5.41) is 6.57. The number of halogens is 1. The van der Waals surface area contributed by atoms with Crippen molar-refractivity contribution < 1.29 is 4.79 Å². The average molecular weight is 337 g/mol. The molecule has 1 saturated carbocycles. The number of carbonyl (C=O) groups excluding carboxylic acids is 1. The third kappa shape index (κ3) is 2.91. The lowest BCUT2D eigenvalue weighted by molar-refractivity contribution is -0.117. The van der Waals surface area contributed by atoms with Crippen LogP contribution in [0.4, 0.5) is 5.69 Å². The molecule has 3 rings (SSSR count). The SMILES string of the molecule is Cc1ccc(Br)c(NC(=O)C2CC3CCCCC3N2)c1. The first-order valence-corrected chi connectivity index (χ1v) is 8.26. The number of aryl methyl sites for hydroxylation is 1. The molecule has 0 radical (unpaired) electrons. The monoisotopic (exact) mass is 336 g/mol. The van der Waals surface area contributed by atoms with Gasteiger partial charge < -0.3 is 10.6 Å². The Morgan fingerprint density at radius 2 is 2.15 bits per heavy atom. The number of hydrogen-bond acceptors (Lipinski definition) is 2. The van der Waals surface area contributed by atoms with E-state index in [2.05, 4.69) is 26.6 Å². The Morgan fingerprint density at radius 1 is 1.35 bits per heavy atom. The van der Waals surface area contributed by atoms with Gasteiger partial charge in [0.25, 0.3) is 0 Å². The lowest BCUT2D eigenvalue weighted by atomic mass is 9.85. The highest BCUT2D eigenvalue weighted by Crippen LogP contribution is 2.33. The van der Waals surface area contributed by atoms with Gasteiger partial charge in [0.15, 0.2) is 0 Å². The minimum atomic E-state index is -0.0319. The third-order valence-corrected chi connectivity index (χ3v) is 5.25. The molecule has 0 aromatic heterocycles. The fourth-order valence-electron chi connectivity index (χ4n) is 3.48. The highest BCUT2D eigenvalue weighted by atomic mass is 79.9. The topological polar surface area (TPSA) is 41.1 Å². The maximum atomic E-state index is 12.4. The van der Waals surface area contributed by atoms with Crippen LogP contribution in [0.25, 0.3) is 0 Å². The Labute approximate surface area is 128 Å². The van der Waals surface area contributed by atoms with Gasteiger partial charge in [-0.1, -0.05) is 18.9 Å². The molecule has 1 aliphatic heterocycles. The van der Waals surface area contributed by atoms with Crippen LogP contribution in [-0.2, 0) is 4.79 Å². The minimum Gasteiger partial charge on any atom is -0.324 e. The predicted octanol–water partition coefficient (Wildman–Crippen LogP) is 3.62. The number of anilines is 1. The molecule has 2 fully saturated rings. The molecular formula is C16H21BrN2O. The first-order valence-electron chi connectivity index (χ1n) is 7.46. The number of amides is 1. The Kier molecular flexibility index (Phi) is 4.13. The largest absolute Gasteiger partial charge is 0.324 e. The number of carbonyl (C=O) groups is 1. The van der Waals surface area contributed by atoms with E-state index in [0.717, 1.165) is 22.1 Å². The van der Waals surface area contributed by atoms with Gasteiger partial charge in [-0.25, -0.2) is 0 Å². The van der Waals surface area contributed by atoms with Crippen LogP contribution in [0.15, 0.2) is 22.7 Å². The van der Waals surface area contributed by atoms with Crippen molar-refractivity contribution in [1.82, 2.24) is 5.32 Å². The molecule has 3 unspecified atom stereocenters. The molecular weight excluding hydrogens is 316 g/mol. The predicted molar refractivity (Wildman–Crippen MR) is 84.8 cm³/mol. The quantitative estimate of drug-likeness (QED) is 0.865. The van der Waals surface area contributed by atoms with Crippen molar-refractivity contribution in [2.75, 3.05) is 5.32 Å². The Hall–Kier alpha value is -0.870. The molecule has 1 heterocycles. The number of benzene rings is 1. The summed E-state index contributed by atoms with van der Waals surface area (Å²) in [4.78, 5) is 12.4. The molecule has 1 aromatic carbocycles. The van der Waals surface area contributed by atoms with E-state index in [1.165, 1.54) is 25.7 Å². The summed E-state index contributed by atoms with van der Waals surface area (Å²) >= 11 is 3.49. The molecule has 108 valence electrons. The maximum absolute atomic E-state index is 12.4. The molecule has 3 atom stereocenters. The van der Waals surface area contributed by atoms with E-state index in [4.69, 9.17) is 0 Å². The van der Waals surface area contributed by atoms with Crippen molar-refractivity contribution in [1.29, 1.82) is 0 Å². The van der Waals surface area contributed by atoms with Crippen LogP contribution in [-0.4, -0.2) is 18.0 Å². The molecule has 4 heteroatoms. The van der Waals surface area contributed by atoms with E-state index >= 15 is 0 Å². The summed E-state index contributed by atoms with van der Waals surface area (Å²) in [6.07, 6.45) is 6.10. The van der Waals surface area contributed by atoms with Crippen LogP contribution in [0, 0.1) is 12.8 Å². The standard InChI is InChI=1S/C16H21BrN2O/c1-10-6-7-12(17)14(8-10)19-16(20)15-9-11-4-2-3-5-13(11)18-15/h6-8,11,13,15,18H,2-5,9H2,1H3,(H,19,20). The molecule has 1 amide bonds. The van der Waals surface area contributed by atoms with Crippen molar-refractivity contribution in [2.24, 2.45) is 5.92 Å². The van der Waals surface area contributed by atoms with Gasteiger partial charge in [-0.2, -0.15) is 0 Å². The smallest absolute Gasteiger partial charge is 0.241 e. The highest BCUT2D eigenvalue weighted by Gasteiger charge is 2.38. The second-order valence-electron chi connectivity index (χ2n) is 6.08. The van der Waals surface area contributed by atoms with Crippen molar-refractivity contribution in [3.8, 4) is 0 Å². The fraction of sp³-hybridized carbons (Fsp3) is 0.562. The number of nitrogens with one attached hydrogen (secondary N) is 2. The number of hydrogen-bond donors (Lipinski definition) is 2. The van der Waals surface area contributed by atoms with Gasteiger partial charge in [0.1, 0.15) is 0 Å². The van der Waals surface area contributed by atoms with Gasteiger partial charge in [0.05, 0.1) is 11.7 Å². The lowest BCUT2D eigenvalue weighted by Gasteiger charge is -2.24. The van der Waals surface area contributed by atoms with Crippen LogP contribution in [0.5, 0.6) is 0 Å². The Morgan fingerprint density at radius 3 is 2.95 bits per heavy atom. The summed E-state index contributed by atoms with van der Waals surface area (Å²) in [6.45, 7) is 2.03. The Balaban J connectivity index is 1.66. The van der Waals surface area contributed by atoms with Crippen LogP contribution in [0.1, 0.15) is 37.7 Å². The molecule has 1 aliphatic carbocycles. The summed E-state index contributed by atoms with van der Waals surface area (Å²) in [5.41, 5.74) is 2.02. The van der Waals surface area contributed by atoms with E-state index in [1.54, 1.807) is 0 Å². The van der Waals surface area contributed by atoms with Crippen molar-refractivity contribution in [2.45, 2.75) is 51.1 Å². The van der Waals surface area contributed by atoms with Crippen LogP contribution >= 0.6 is 15.9 Å². The van der Waals surface area contributed by atoms with Crippen LogP contribution < -0.4 is 10.6 Å². The summed E-state index contributed by atoms with van der Waals surface area (Å²) in [6, 6.07) is 6.54. The minimum absolute atomic E-state index is 0.0319. The molecule has 1 aromatic rings. The summed E-state index contributed by atoms with van der Waals surface area (Å²) in [7, 11) is 0. The van der Waals surface area contributed by atoms with Crippen LogP contribution in [0.2, 0.25) is 0 Å². The first-order chi connectivity index (χ1) is 9.63. The van der Waals surface area contributed by atoms with Gasteiger partial charge in [0.2, 0.25) is 5.91 Å². The van der Waals surface area contributed by atoms with Crippen molar-refractivity contribution in [3.63, 3.8) is 0 Å². The first kappa shape index (κ1) is 14.1. The van der Waals surface area contributed by atoms with E-state index in [0.29, 0.717) is 12.0 Å². The van der Waals surface area contributed by atoms with E-state index in [1.807, 2.05) is 25.1 Å². The van der Waals surface area contributed by atoms with Gasteiger partial charge in [-0.3, -0.25) is 4.79 Å². The number of rotatable bonds is 2. The second-order valence-corrected chi connectivity index (χ2v) is 6.93. The summed E-state index contributed by atoms with van der Waals surface area (Å²) < 4.78 is 0.937. The normalized spacial score (nSPS) is 29.0. The fourth-order valence-corrected chi connectivity index (χ4v) is 3.82. The van der Waals surface area contributed by atoms with E-state index in [9.17, 15) is 4.79 Å². The zero-order chi connectivity index (χ0) is 14.1. The molecule has 0 spiro atoms. The van der Waals surface area contributed by atoms with Gasteiger partial charge >= 0.3 is 0 Å². The lowest BCUT2D eigenvalue weighted by Crippen LogP contribution is -2.39. The van der Waals surface area contributed by atoms with Gasteiger partial charge in [0, 0.05) is 10.5 Å². The number of fused-ring (bicyclic) bond motifs is 1. The van der Waals surface area contributed by atoms with Crippen LogP contribution in [0.3, 0.4) is 0 Å². The molecule has 3 nitrogen and oxygen atoms in total. The summed E-state index contributed by atoms with van der Waals surface area (Å²) in [5.74, 6) is 0.797. The average Bonchev–Trinajstić information content (AvgIpc) is 2.87. The van der Waals surface area contributed by atoms with Gasteiger partial charge in [-0.05, 0) is 65.7 Å².